The number of hydrogen-bond acceptors (Lipinski definition) is 3. The number of halogens is 1. The zero-order valence-electron chi connectivity index (χ0n) is 8.01. The topological polar surface area (TPSA) is 49.3 Å². The van der Waals surface area contributed by atoms with Crippen LogP contribution >= 0.6 is 39.9 Å². The summed E-state index contributed by atoms with van der Waals surface area (Å²) in [6, 6.07) is 6.98. The molecule has 2 N–H and O–H groups in total. The van der Waals surface area contributed by atoms with Gasteiger partial charge in [0.25, 0.3) is 0 Å². The van der Waals surface area contributed by atoms with Crippen LogP contribution < -0.4 is 5.32 Å². The van der Waals surface area contributed by atoms with Crippen molar-refractivity contribution in [2.75, 3.05) is 0 Å². The lowest BCUT2D eigenvalue weighted by Gasteiger charge is -2.14. The first-order chi connectivity index (χ1) is 7.58. The maximum absolute atomic E-state index is 11.1. The van der Waals surface area contributed by atoms with Gasteiger partial charge in [-0.15, -0.1) is 0 Å². The highest BCUT2D eigenvalue weighted by Crippen LogP contribution is 2.38. The monoisotopic (exact) mass is 317 g/mol. The maximum Gasteiger partial charge on any atom is 0.327 e. The lowest BCUT2D eigenvalue weighted by molar-refractivity contribution is -0.138. The standard InChI is InChI=1S/C10H8BrNO2S2/c11-6-3-1-5(2-4-6)8-7(9(13)14)12-10(15)16-8/h1-4,7-8H,(H,12,15)(H,13,14). The molecule has 0 bridgehead atoms. The summed E-state index contributed by atoms with van der Waals surface area (Å²) in [7, 11) is 0. The van der Waals surface area contributed by atoms with Crippen molar-refractivity contribution >= 4 is 50.2 Å². The van der Waals surface area contributed by atoms with Gasteiger partial charge in [0.1, 0.15) is 10.4 Å². The summed E-state index contributed by atoms with van der Waals surface area (Å²) in [5, 5.41) is 11.7. The SMILES string of the molecule is O=C(O)C1NC(=S)SC1c1ccc(Br)cc1. The zero-order chi connectivity index (χ0) is 11.7. The van der Waals surface area contributed by atoms with Gasteiger partial charge in [0, 0.05) is 4.47 Å². The average molecular weight is 318 g/mol. The Bertz CT molecular complexity index is 435. The van der Waals surface area contributed by atoms with Crippen molar-refractivity contribution in [2.45, 2.75) is 11.3 Å². The first-order valence-electron chi connectivity index (χ1n) is 4.53. The number of hydrogen-bond donors (Lipinski definition) is 2. The molecule has 1 heterocycles. The lowest BCUT2D eigenvalue weighted by Crippen LogP contribution is -2.35. The Kier molecular flexibility index (Phi) is 3.51. The first-order valence-corrected chi connectivity index (χ1v) is 6.61. The molecule has 2 unspecified atom stereocenters. The van der Waals surface area contributed by atoms with E-state index in [0.29, 0.717) is 4.32 Å². The normalized spacial score (nSPS) is 24.2. The molecule has 0 aromatic heterocycles. The molecule has 0 aliphatic carbocycles. The van der Waals surface area contributed by atoms with Crippen LogP contribution in [0.2, 0.25) is 0 Å². The number of thioether (sulfide) groups is 1. The van der Waals surface area contributed by atoms with Gasteiger partial charge in [0.05, 0.1) is 5.25 Å². The van der Waals surface area contributed by atoms with Crippen LogP contribution in [0.25, 0.3) is 0 Å². The van der Waals surface area contributed by atoms with Crippen molar-refractivity contribution in [3.05, 3.63) is 34.3 Å². The molecule has 3 nitrogen and oxygen atoms in total. The summed E-state index contributed by atoms with van der Waals surface area (Å²) in [6.07, 6.45) is 0. The second kappa shape index (κ2) is 4.73. The van der Waals surface area contributed by atoms with Gasteiger partial charge < -0.3 is 10.4 Å². The Hall–Kier alpha value is -0.590. The van der Waals surface area contributed by atoms with E-state index < -0.39 is 12.0 Å². The maximum atomic E-state index is 11.1. The minimum absolute atomic E-state index is 0.155. The smallest absolute Gasteiger partial charge is 0.327 e. The number of aliphatic carboxylic acids is 1. The Labute approximate surface area is 111 Å². The Morgan fingerprint density at radius 1 is 1.44 bits per heavy atom. The van der Waals surface area contributed by atoms with E-state index in [-0.39, 0.29) is 5.25 Å². The fourth-order valence-corrected chi connectivity index (χ4v) is 3.27. The lowest BCUT2D eigenvalue weighted by atomic mass is 10.1. The molecule has 0 spiro atoms. The van der Waals surface area contributed by atoms with Gasteiger partial charge >= 0.3 is 5.97 Å². The second-order valence-corrected chi connectivity index (χ2v) is 6.07. The number of carbonyl (C=O) groups is 1. The van der Waals surface area contributed by atoms with E-state index in [1.54, 1.807) is 0 Å². The van der Waals surface area contributed by atoms with E-state index in [0.717, 1.165) is 10.0 Å². The summed E-state index contributed by atoms with van der Waals surface area (Å²) in [6.45, 7) is 0. The Morgan fingerprint density at radius 3 is 2.62 bits per heavy atom. The van der Waals surface area contributed by atoms with E-state index in [1.165, 1.54) is 11.8 Å². The molecule has 2 atom stereocenters. The van der Waals surface area contributed by atoms with Gasteiger partial charge in [-0.2, -0.15) is 0 Å². The molecular weight excluding hydrogens is 310 g/mol. The Balaban J connectivity index is 2.28. The molecule has 1 saturated heterocycles. The van der Waals surface area contributed by atoms with Crippen LogP contribution in [0, 0.1) is 0 Å². The highest BCUT2D eigenvalue weighted by molar-refractivity contribution is 9.10. The minimum Gasteiger partial charge on any atom is -0.480 e. The molecule has 1 aromatic rings. The van der Waals surface area contributed by atoms with E-state index in [4.69, 9.17) is 17.3 Å². The number of carboxylic acids is 1. The van der Waals surface area contributed by atoms with Crippen LogP contribution in [-0.4, -0.2) is 21.4 Å². The van der Waals surface area contributed by atoms with Gasteiger partial charge in [0.15, 0.2) is 0 Å². The van der Waals surface area contributed by atoms with Crippen LogP contribution in [0.4, 0.5) is 0 Å². The number of benzene rings is 1. The summed E-state index contributed by atoms with van der Waals surface area (Å²) in [5.74, 6) is -0.875. The number of rotatable bonds is 2. The third-order valence-corrected chi connectivity index (χ3v) is 4.34. The highest BCUT2D eigenvalue weighted by Gasteiger charge is 2.37. The summed E-state index contributed by atoms with van der Waals surface area (Å²) in [4.78, 5) is 11.1. The van der Waals surface area contributed by atoms with Crippen molar-refractivity contribution in [2.24, 2.45) is 0 Å². The fraction of sp³-hybridized carbons (Fsp3) is 0.200. The largest absolute Gasteiger partial charge is 0.480 e. The van der Waals surface area contributed by atoms with Gasteiger partial charge in [0.2, 0.25) is 0 Å². The van der Waals surface area contributed by atoms with Gasteiger partial charge in [-0.1, -0.05) is 52.0 Å². The third kappa shape index (κ3) is 2.39. The summed E-state index contributed by atoms with van der Waals surface area (Å²) < 4.78 is 1.52. The summed E-state index contributed by atoms with van der Waals surface area (Å²) in [5.41, 5.74) is 0.966. The molecular formula is C10H8BrNO2S2. The molecule has 6 heteroatoms. The van der Waals surface area contributed by atoms with Gasteiger partial charge in [-0.25, -0.2) is 4.79 Å². The zero-order valence-corrected chi connectivity index (χ0v) is 11.2. The molecule has 1 aliphatic heterocycles. The molecule has 0 radical (unpaired) electrons. The van der Waals surface area contributed by atoms with E-state index in [2.05, 4.69) is 21.2 Å². The number of thiocarbonyl (C=S) groups is 1. The third-order valence-electron chi connectivity index (χ3n) is 2.27. The highest BCUT2D eigenvalue weighted by atomic mass is 79.9. The molecule has 84 valence electrons. The molecule has 0 saturated carbocycles. The average Bonchev–Trinajstić information content (AvgIpc) is 2.61. The van der Waals surface area contributed by atoms with E-state index in [1.807, 2.05) is 24.3 Å². The minimum atomic E-state index is -0.875. The van der Waals surface area contributed by atoms with Crippen molar-refractivity contribution < 1.29 is 9.90 Å². The number of nitrogens with one attached hydrogen (secondary N) is 1. The molecule has 16 heavy (non-hydrogen) atoms. The first kappa shape index (κ1) is 11.9. The predicted molar refractivity (Wildman–Crippen MR) is 71.6 cm³/mol. The van der Waals surface area contributed by atoms with Gasteiger partial charge in [-0.05, 0) is 17.7 Å². The molecule has 1 aromatic carbocycles. The van der Waals surface area contributed by atoms with Crippen molar-refractivity contribution in [3.63, 3.8) is 0 Å². The fourth-order valence-electron chi connectivity index (χ4n) is 1.52. The van der Waals surface area contributed by atoms with Crippen LogP contribution in [0.15, 0.2) is 28.7 Å². The van der Waals surface area contributed by atoms with Crippen molar-refractivity contribution in [3.8, 4) is 0 Å². The second-order valence-electron chi connectivity index (χ2n) is 3.34. The van der Waals surface area contributed by atoms with E-state index >= 15 is 0 Å². The molecule has 2 rings (SSSR count). The summed E-state index contributed by atoms with van der Waals surface area (Å²) >= 11 is 9.73. The van der Waals surface area contributed by atoms with Crippen LogP contribution in [-0.2, 0) is 4.79 Å². The molecule has 0 amide bonds. The van der Waals surface area contributed by atoms with Crippen LogP contribution in [0.3, 0.4) is 0 Å². The van der Waals surface area contributed by atoms with Crippen LogP contribution in [0.5, 0.6) is 0 Å². The van der Waals surface area contributed by atoms with Crippen molar-refractivity contribution in [1.82, 2.24) is 5.32 Å². The predicted octanol–water partition coefficient (Wildman–Crippen LogP) is 2.56. The molecule has 1 aliphatic rings. The number of carboxylic acid groups (broad SMARTS) is 1. The van der Waals surface area contributed by atoms with Crippen LogP contribution in [0.1, 0.15) is 10.8 Å². The quantitative estimate of drug-likeness (QED) is 0.821. The molecule has 1 fully saturated rings. The Morgan fingerprint density at radius 2 is 2.06 bits per heavy atom. The van der Waals surface area contributed by atoms with E-state index in [9.17, 15) is 4.79 Å². The van der Waals surface area contributed by atoms with Gasteiger partial charge in [-0.3, -0.25) is 0 Å². The van der Waals surface area contributed by atoms with Crippen molar-refractivity contribution in [1.29, 1.82) is 0 Å².